The maximum Gasteiger partial charge on any atom is 0.317 e. The molecule has 0 saturated carbocycles. The second kappa shape index (κ2) is 8.49. The van der Waals surface area contributed by atoms with Crippen LogP contribution in [0.5, 0.6) is 0 Å². The van der Waals surface area contributed by atoms with Crippen molar-refractivity contribution in [2.75, 3.05) is 32.7 Å². The fraction of sp³-hybridized carbons (Fsp3) is 0.786. The Morgan fingerprint density at radius 3 is 2.52 bits per heavy atom. The number of carbonyl (C=O) groups is 3. The highest BCUT2D eigenvalue weighted by Gasteiger charge is 2.27. The molecule has 7 heteroatoms. The summed E-state index contributed by atoms with van der Waals surface area (Å²) in [6, 6.07) is -0.284. The van der Waals surface area contributed by atoms with Crippen molar-refractivity contribution in [1.82, 2.24) is 15.1 Å². The predicted molar refractivity (Wildman–Crippen MR) is 77.9 cm³/mol. The molecular formula is C14H25N3O4. The van der Waals surface area contributed by atoms with Crippen LogP contribution in [0.3, 0.4) is 0 Å². The molecule has 1 atom stereocenters. The fourth-order valence-electron chi connectivity index (χ4n) is 2.49. The Balaban J connectivity index is 2.33. The van der Waals surface area contributed by atoms with Crippen LogP contribution in [0.4, 0.5) is 4.79 Å². The van der Waals surface area contributed by atoms with Gasteiger partial charge < -0.3 is 20.2 Å². The first kappa shape index (κ1) is 17.3. The highest BCUT2D eigenvalue weighted by molar-refractivity contribution is 5.79. The first-order valence-electron chi connectivity index (χ1n) is 7.52. The number of carbonyl (C=O) groups excluding carboxylic acids is 2. The zero-order chi connectivity index (χ0) is 15.8. The second-order valence-electron chi connectivity index (χ2n) is 5.17. The number of likely N-dealkylation sites (tertiary alicyclic amines) is 1. The summed E-state index contributed by atoms with van der Waals surface area (Å²) in [5.41, 5.74) is 0. The fourth-order valence-corrected chi connectivity index (χ4v) is 2.49. The van der Waals surface area contributed by atoms with Crippen molar-refractivity contribution in [3.63, 3.8) is 0 Å². The number of amides is 3. The molecule has 1 saturated heterocycles. The third kappa shape index (κ3) is 5.24. The van der Waals surface area contributed by atoms with Gasteiger partial charge in [-0.1, -0.05) is 0 Å². The summed E-state index contributed by atoms with van der Waals surface area (Å²) in [6.07, 6.45) is 1.58. The molecule has 0 aromatic carbocycles. The third-order valence-corrected chi connectivity index (χ3v) is 3.79. The molecule has 1 rings (SSSR count). The van der Waals surface area contributed by atoms with Crippen molar-refractivity contribution in [3.8, 4) is 0 Å². The van der Waals surface area contributed by atoms with Gasteiger partial charge in [0.15, 0.2) is 0 Å². The first-order chi connectivity index (χ1) is 9.99. The number of nitrogens with zero attached hydrogens (tertiary/aromatic N) is 2. The monoisotopic (exact) mass is 299 g/mol. The summed E-state index contributed by atoms with van der Waals surface area (Å²) in [4.78, 5) is 37.9. The molecule has 1 heterocycles. The summed E-state index contributed by atoms with van der Waals surface area (Å²) in [5, 5.41) is 11.7. The Morgan fingerprint density at radius 2 is 1.95 bits per heavy atom. The number of hydrogen-bond acceptors (Lipinski definition) is 3. The summed E-state index contributed by atoms with van der Waals surface area (Å²) in [7, 11) is 0. The van der Waals surface area contributed by atoms with Crippen LogP contribution in [0, 0.1) is 5.92 Å². The lowest BCUT2D eigenvalue weighted by molar-refractivity contribution is -0.143. The van der Waals surface area contributed by atoms with Gasteiger partial charge in [-0.25, -0.2) is 4.79 Å². The van der Waals surface area contributed by atoms with Crippen molar-refractivity contribution in [2.45, 2.75) is 33.1 Å². The molecule has 0 radical (unpaired) electrons. The zero-order valence-electron chi connectivity index (χ0n) is 12.8. The zero-order valence-corrected chi connectivity index (χ0v) is 12.8. The molecule has 3 amide bonds. The highest BCUT2D eigenvalue weighted by Crippen LogP contribution is 2.16. The van der Waals surface area contributed by atoms with Crippen LogP contribution >= 0.6 is 0 Å². The van der Waals surface area contributed by atoms with Gasteiger partial charge in [0.1, 0.15) is 0 Å². The standard InChI is InChI=1S/C14H25N3O4/c1-3-16(4-2)12(18)7-8-15-14(21)17-9-5-6-11(10-17)13(19)20/h11H,3-10H2,1-2H3,(H,15,21)(H,19,20)/t11-/m1/s1. The SMILES string of the molecule is CCN(CC)C(=O)CCNC(=O)N1CCC[C@@H](C(=O)O)C1. The normalized spacial score (nSPS) is 18.2. The van der Waals surface area contributed by atoms with E-state index in [-0.39, 0.29) is 31.4 Å². The Labute approximate surface area is 125 Å². The molecule has 2 N–H and O–H groups in total. The van der Waals surface area contributed by atoms with Gasteiger partial charge >= 0.3 is 12.0 Å². The van der Waals surface area contributed by atoms with E-state index in [1.807, 2.05) is 13.8 Å². The lowest BCUT2D eigenvalue weighted by atomic mass is 9.99. The molecule has 21 heavy (non-hydrogen) atoms. The van der Waals surface area contributed by atoms with Crippen LogP contribution in [-0.4, -0.2) is 65.5 Å². The molecule has 0 unspecified atom stereocenters. The number of nitrogens with one attached hydrogen (secondary N) is 1. The van der Waals surface area contributed by atoms with Gasteiger partial charge in [0.2, 0.25) is 5.91 Å². The molecular weight excluding hydrogens is 274 g/mol. The molecule has 120 valence electrons. The lowest BCUT2D eigenvalue weighted by Crippen LogP contribution is -2.47. The predicted octanol–water partition coefficient (Wildman–Crippen LogP) is 0.751. The molecule has 0 aromatic heterocycles. The number of urea groups is 1. The maximum absolute atomic E-state index is 12.0. The minimum Gasteiger partial charge on any atom is -0.481 e. The van der Waals surface area contributed by atoms with Gasteiger partial charge in [-0.05, 0) is 26.7 Å². The van der Waals surface area contributed by atoms with E-state index in [0.29, 0.717) is 32.5 Å². The van der Waals surface area contributed by atoms with Crippen LogP contribution in [0.25, 0.3) is 0 Å². The average molecular weight is 299 g/mol. The minimum absolute atomic E-state index is 0.0161. The molecule has 7 nitrogen and oxygen atoms in total. The van der Waals surface area contributed by atoms with Gasteiger partial charge in [0.25, 0.3) is 0 Å². The van der Waals surface area contributed by atoms with E-state index in [9.17, 15) is 14.4 Å². The Hall–Kier alpha value is -1.79. The van der Waals surface area contributed by atoms with Crippen molar-refractivity contribution in [1.29, 1.82) is 0 Å². The van der Waals surface area contributed by atoms with E-state index < -0.39 is 11.9 Å². The number of carboxylic acid groups (broad SMARTS) is 1. The topological polar surface area (TPSA) is 90.0 Å². The minimum atomic E-state index is -0.857. The molecule has 1 aliphatic heterocycles. The smallest absolute Gasteiger partial charge is 0.317 e. The molecule has 1 aliphatic rings. The van der Waals surface area contributed by atoms with Crippen LogP contribution < -0.4 is 5.32 Å². The van der Waals surface area contributed by atoms with Crippen molar-refractivity contribution in [2.24, 2.45) is 5.92 Å². The number of carboxylic acids is 1. The highest BCUT2D eigenvalue weighted by atomic mass is 16.4. The summed E-state index contributed by atoms with van der Waals surface area (Å²) in [6.45, 7) is 6.25. The van der Waals surface area contributed by atoms with Crippen LogP contribution in [0.2, 0.25) is 0 Å². The van der Waals surface area contributed by atoms with Gasteiger partial charge in [-0.2, -0.15) is 0 Å². The van der Waals surface area contributed by atoms with Crippen LogP contribution in [-0.2, 0) is 9.59 Å². The Bertz CT molecular complexity index is 382. The molecule has 0 aliphatic carbocycles. The van der Waals surface area contributed by atoms with Gasteiger partial charge in [-0.15, -0.1) is 0 Å². The number of rotatable bonds is 6. The number of hydrogen-bond donors (Lipinski definition) is 2. The Kier molecular flexibility index (Phi) is 6.98. The third-order valence-electron chi connectivity index (χ3n) is 3.79. The molecule has 0 bridgehead atoms. The van der Waals surface area contributed by atoms with Crippen LogP contribution in [0.1, 0.15) is 33.1 Å². The van der Waals surface area contributed by atoms with E-state index in [2.05, 4.69) is 5.32 Å². The van der Waals surface area contributed by atoms with Gasteiger partial charge in [0, 0.05) is 39.1 Å². The van der Waals surface area contributed by atoms with E-state index in [4.69, 9.17) is 5.11 Å². The van der Waals surface area contributed by atoms with E-state index in [0.717, 1.165) is 0 Å². The summed E-state index contributed by atoms with van der Waals surface area (Å²) >= 11 is 0. The van der Waals surface area contributed by atoms with Crippen molar-refractivity contribution >= 4 is 17.9 Å². The van der Waals surface area contributed by atoms with Gasteiger partial charge in [0.05, 0.1) is 5.92 Å². The van der Waals surface area contributed by atoms with E-state index in [1.165, 1.54) is 4.90 Å². The van der Waals surface area contributed by atoms with Crippen LogP contribution in [0.15, 0.2) is 0 Å². The van der Waals surface area contributed by atoms with Gasteiger partial charge in [-0.3, -0.25) is 9.59 Å². The average Bonchev–Trinajstić information content (AvgIpc) is 2.48. The molecule has 0 aromatic rings. The van der Waals surface area contributed by atoms with E-state index in [1.54, 1.807) is 4.90 Å². The maximum atomic E-state index is 12.0. The Morgan fingerprint density at radius 1 is 1.29 bits per heavy atom. The number of piperidine rings is 1. The quantitative estimate of drug-likeness (QED) is 0.757. The number of aliphatic carboxylic acids is 1. The molecule has 0 spiro atoms. The van der Waals surface area contributed by atoms with E-state index >= 15 is 0 Å². The van der Waals surface area contributed by atoms with Crippen molar-refractivity contribution < 1.29 is 19.5 Å². The second-order valence-corrected chi connectivity index (χ2v) is 5.17. The summed E-state index contributed by atoms with van der Waals surface area (Å²) < 4.78 is 0. The summed E-state index contributed by atoms with van der Waals surface area (Å²) in [5.74, 6) is -1.33. The lowest BCUT2D eigenvalue weighted by Gasteiger charge is -2.30. The molecule has 1 fully saturated rings. The van der Waals surface area contributed by atoms with Crippen molar-refractivity contribution in [3.05, 3.63) is 0 Å². The first-order valence-corrected chi connectivity index (χ1v) is 7.52. The largest absolute Gasteiger partial charge is 0.481 e.